The molecule has 0 bridgehead atoms. The van der Waals surface area contributed by atoms with Crippen LogP contribution in [0.2, 0.25) is 0 Å². The summed E-state index contributed by atoms with van der Waals surface area (Å²) >= 11 is 1.75. The van der Waals surface area contributed by atoms with Crippen LogP contribution in [0.1, 0.15) is 22.0 Å². The molecule has 0 aliphatic rings. The maximum Gasteiger partial charge on any atom is 0.0940 e. The average Bonchev–Trinajstić information content (AvgIpc) is 3.00. The first-order valence-electron chi connectivity index (χ1n) is 7.31. The van der Waals surface area contributed by atoms with Crippen molar-refractivity contribution in [1.82, 2.24) is 14.9 Å². The smallest absolute Gasteiger partial charge is 0.0940 e. The van der Waals surface area contributed by atoms with Crippen LogP contribution in [0.15, 0.2) is 29.6 Å². The Balaban J connectivity index is 1.65. The summed E-state index contributed by atoms with van der Waals surface area (Å²) in [5, 5.41) is 8.23. The van der Waals surface area contributed by atoms with Gasteiger partial charge in [0.25, 0.3) is 0 Å². The van der Waals surface area contributed by atoms with Crippen LogP contribution in [0.5, 0.6) is 0 Å². The van der Waals surface area contributed by atoms with Crippen molar-refractivity contribution in [2.75, 3.05) is 6.54 Å². The first-order chi connectivity index (χ1) is 10.2. The van der Waals surface area contributed by atoms with Crippen LogP contribution in [0.4, 0.5) is 0 Å². The molecule has 4 heteroatoms. The van der Waals surface area contributed by atoms with Crippen molar-refractivity contribution >= 4 is 22.2 Å². The van der Waals surface area contributed by atoms with Gasteiger partial charge in [0.15, 0.2) is 0 Å². The minimum absolute atomic E-state index is 0.904. The number of fused-ring (bicyclic) bond motifs is 1. The Hall–Kier alpha value is -1.65. The number of rotatable bonds is 5. The summed E-state index contributed by atoms with van der Waals surface area (Å²) < 4.78 is 2.30. The minimum atomic E-state index is 0.904. The van der Waals surface area contributed by atoms with E-state index < -0.39 is 0 Å². The molecule has 0 fully saturated rings. The molecule has 3 aromatic rings. The van der Waals surface area contributed by atoms with E-state index in [0.717, 1.165) is 25.2 Å². The first kappa shape index (κ1) is 14.3. The number of nitrogens with zero attached hydrogens (tertiary/aromatic N) is 2. The summed E-state index contributed by atoms with van der Waals surface area (Å²) in [6, 6.07) is 8.60. The lowest BCUT2D eigenvalue weighted by Crippen LogP contribution is -2.19. The van der Waals surface area contributed by atoms with Crippen molar-refractivity contribution in [3.8, 4) is 0 Å². The van der Waals surface area contributed by atoms with E-state index in [-0.39, 0.29) is 0 Å². The number of thiazole rings is 1. The topological polar surface area (TPSA) is 29.9 Å². The number of benzene rings is 1. The molecule has 3 nitrogen and oxygen atoms in total. The summed E-state index contributed by atoms with van der Waals surface area (Å²) in [7, 11) is 2.15. The molecule has 2 heterocycles. The molecule has 0 unspecified atom stereocenters. The second-order valence-corrected chi connectivity index (χ2v) is 6.40. The van der Waals surface area contributed by atoms with Crippen molar-refractivity contribution < 1.29 is 0 Å². The molecule has 0 aliphatic carbocycles. The molecule has 0 amide bonds. The normalized spacial score (nSPS) is 11.4. The summed E-state index contributed by atoms with van der Waals surface area (Å²) in [6.07, 6.45) is 1.00. The molecule has 21 heavy (non-hydrogen) atoms. The second-order valence-electron chi connectivity index (χ2n) is 5.46. The van der Waals surface area contributed by atoms with Gasteiger partial charge in [-0.3, -0.25) is 0 Å². The van der Waals surface area contributed by atoms with Gasteiger partial charge in [0, 0.05) is 54.2 Å². The van der Waals surface area contributed by atoms with Crippen LogP contribution in [-0.4, -0.2) is 16.1 Å². The molecular weight excluding hydrogens is 278 g/mol. The highest BCUT2D eigenvalue weighted by molar-refractivity contribution is 7.09. The number of hydrogen-bond donors (Lipinski definition) is 1. The van der Waals surface area contributed by atoms with Crippen molar-refractivity contribution in [1.29, 1.82) is 0 Å². The maximum absolute atomic E-state index is 4.50. The van der Waals surface area contributed by atoms with E-state index in [2.05, 4.69) is 58.5 Å². The van der Waals surface area contributed by atoms with E-state index in [4.69, 9.17) is 0 Å². The van der Waals surface area contributed by atoms with Gasteiger partial charge >= 0.3 is 0 Å². The van der Waals surface area contributed by atoms with E-state index in [0.29, 0.717) is 0 Å². The number of aryl methyl sites for hydroxylation is 3. The van der Waals surface area contributed by atoms with Crippen LogP contribution in [0, 0.1) is 13.8 Å². The molecule has 0 saturated carbocycles. The fourth-order valence-electron chi connectivity index (χ4n) is 2.81. The summed E-state index contributed by atoms with van der Waals surface area (Å²) in [4.78, 5) is 4.50. The third-order valence-electron chi connectivity index (χ3n) is 3.98. The van der Waals surface area contributed by atoms with Gasteiger partial charge in [-0.15, -0.1) is 11.3 Å². The van der Waals surface area contributed by atoms with Crippen LogP contribution in [0.25, 0.3) is 10.9 Å². The van der Waals surface area contributed by atoms with Gasteiger partial charge in [-0.25, -0.2) is 4.98 Å². The predicted molar refractivity (Wildman–Crippen MR) is 89.9 cm³/mol. The number of aromatic nitrogens is 2. The second kappa shape index (κ2) is 6.00. The minimum Gasteiger partial charge on any atom is -0.346 e. The monoisotopic (exact) mass is 299 g/mol. The van der Waals surface area contributed by atoms with Crippen molar-refractivity contribution in [2.24, 2.45) is 7.05 Å². The molecule has 0 aliphatic heterocycles. The number of para-hydroxylation sites is 1. The van der Waals surface area contributed by atoms with Gasteiger partial charge in [-0.05, 0) is 25.5 Å². The molecule has 0 saturated heterocycles. The first-order valence-corrected chi connectivity index (χ1v) is 8.19. The zero-order valence-electron chi connectivity index (χ0n) is 12.8. The summed E-state index contributed by atoms with van der Waals surface area (Å²) in [6.45, 7) is 6.13. The van der Waals surface area contributed by atoms with E-state index >= 15 is 0 Å². The molecule has 2 aromatic heterocycles. The number of nitrogens with one attached hydrogen (secondary N) is 1. The Morgan fingerprint density at radius 3 is 2.76 bits per heavy atom. The van der Waals surface area contributed by atoms with Gasteiger partial charge in [0.05, 0.1) is 5.01 Å². The van der Waals surface area contributed by atoms with Crippen molar-refractivity contribution in [3.05, 3.63) is 51.6 Å². The average molecular weight is 299 g/mol. The Labute approximate surface area is 129 Å². The highest BCUT2D eigenvalue weighted by atomic mass is 32.1. The van der Waals surface area contributed by atoms with Gasteiger partial charge in [-0.1, -0.05) is 18.2 Å². The van der Waals surface area contributed by atoms with Gasteiger partial charge in [0.2, 0.25) is 0 Å². The highest BCUT2D eigenvalue weighted by Gasteiger charge is 2.10. The third-order valence-corrected chi connectivity index (χ3v) is 5.01. The predicted octanol–water partition coefficient (Wildman–Crippen LogP) is 3.58. The van der Waals surface area contributed by atoms with E-state index in [9.17, 15) is 0 Å². The van der Waals surface area contributed by atoms with Crippen LogP contribution in [0.3, 0.4) is 0 Å². The van der Waals surface area contributed by atoms with Crippen molar-refractivity contribution in [2.45, 2.75) is 26.8 Å². The molecule has 3 rings (SSSR count). The van der Waals surface area contributed by atoms with Gasteiger partial charge < -0.3 is 9.88 Å². The molecule has 0 radical (unpaired) electrons. The number of hydrogen-bond acceptors (Lipinski definition) is 3. The zero-order chi connectivity index (χ0) is 14.8. The SMILES string of the molecule is Cc1csc(CCNCc2c(C)c3ccccc3n2C)n1. The summed E-state index contributed by atoms with van der Waals surface area (Å²) in [5.41, 5.74) is 5.18. The Morgan fingerprint density at radius 1 is 1.24 bits per heavy atom. The third kappa shape index (κ3) is 2.87. The van der Waals surface area contributed by atoms with E-state index in [1.54, 1.807) is 11.3 Å². The highest BCUT2D eigenvalue weighted by Crippen LogP contribution is 2.24. The molecule has 0 atom stereocenters. The standard InChI is InChI=1S/C17H21N3S/c1-12-11-21-17(19-12)8-9-18-10-16-13(2)14-6-4-5-7-15(14)20(16)3/h4-7,11,18H,8-10H2,1-3H3. The largest absolute Gasteiger partial charge is 0.346 e. The van der Waals surface area contributed by atoms with Crippen molar-refractivity contribution in [3.63, 3.8) is 0 Å². The maximum atomic E-state index is 4.50. The lowest BCUT2D eigenvalue weighted by molar-refractivity contribution is 0.652. The lowest BCUT2D eigenvalue weighted by Gasteiger charge is -2.07. The van der Waals surface area contributed by atoms with Crippen LogP contribution in [-0.2, 0) is 20.0 Å². The lowest BCUT2D eigenvalue weighted by atomic mass is 10.1. The molecule has 1 aromatic carbocycles. The van der Waals surface area contributed by atoms with E-state index in [1.807, 2.05) is 6.92 Å². The van der Waals surface area contributed by atoms with Crippen LogP contribution < -0.4 is 5.32 Å². The van der Waals surface area contributed by atoms with Gasteiger partial charge in [-0.2, -0.15) is 0 Å². The molecular formula is C17H21N3S. The zero-order valence-corrected chi connectivity index (χ0v) is 13.6. The molecule has 1 N–H and O–H groups in total. The molecule has 110 valence electrons. The Bertz CT molecular complexity index is 716. The quantitative estimate of drug-likeness (QED) is 0.730. The van der Waals surface area contributed by atoms with E-state index in [1.165, 1.54) is 27.2 Å². The molecule has 0 spiro atoms. The van der Waals surface area contributed by atoms with Gasteiger partial charge in [0.1, 0.15) is 0 Å². The fraction of sp³-hybridized carbons (Fsp3) is 0.353. The van der Waals surface area contributed by atoms with Crippen LogP contribution >= 0.6 is 11.3 Å². The summed E-state index contributed by atoms with van der Waals surface area (Å²) in [5.74, 6) is 0. The fourth-order valence-corrected chi connectivity index (χ4v) is 3.58. The Kier molecular flexibility index (Phi) is 4.08. The Morgan fingerprint density at radius 2 is 2.05 bits per heavy atom.